The molecule has 1 unspecified atom stereocenters. The average molecular weight is 906 g/mol. The Hall–Kier alpha value is -8.56. The minimum atomic E-state index is -0.548. The third-order valence-electron chi connectivity index (χ3n) is 15.8. The molecule has 70 heavy (non-hydrogen) atoms. The maximum Gasteiger partial charge on any atom is 0.0726 e. The highest BCUT2D eigenvalue weighted by molar-refractivity contribution is 7.26. The van der Waals surface area contributed by atoms with Crippen LogP contribution in [-0.4, -0.2) is 0 Å². The third kappa shape index (κ3) is 5.21. The first-order chi connectivity index (χ1) is 34.7. The number of benzene rings is 11. The Labute approximate surface area is 411 Å². The summed E-state index contributed by atoms with van der Waals surface area (Å²) in [6.45, 7) is 0. The fourth-order valence-corrected chi connectivity index (χ4v) is 14.2. The van der Waals surface area contributed by atoms with Crippen molar-refractivity contribution in [2.45, 2.75) is 10.8 Å². The van der Waals surface area contributed by atoms with Crippen LogP contribution in [0.5, 0.6) is 0 Å². The van der Waals surface area contributed by atoms with Gasteiger partial charge in [0.1, 0.15) is 0 Å². The van der Waals surface area contributed by atoms with Crippen LogP contribution in [0.1, 0.15) is 44.5 Å². The van der Waals surface area contributed by atoms with Crippen molar-refractivity contribution in [3.8, 4) is 44.5 Å². The minimum Gasteiger partial charge on any atom is -0.310 e. The largest absolute Gasteiger partial charge is 0.310 e. The Kier molecular flexibility index (Phi) is 8.43. The van der Waals surface area contributed by atoms with Crippen LogP contribution in [0, 0.1) is 0 Å². The van der Waals surface area contributed by atoms with Gasteiger partial charge >= 0.3 is 0 Å². The van der Waals surface area contributed by atoms with E-state index in [9.17, 15) is 0 Å². The van der Waals surface area contributed by atoms with Gasteiger partial charge in [-0.15, -0.1) is 11.3 Å². The summed E-state index contributed by atoms with van der Waals surface area (Å²) in [5.41, 5.74) is 22.9. The summed E-state index contributed by atoms with van der Waals surface area (Å²) >= 11 is 1.90. The summed E-state index contributed by atoms with van der Waals surface area (Å²) in [6.07, 6.45) is 0. The molecule has 326 valence electrons. The van der Waals surface area contributed by atoms with Crippen LogP contribution < -0.4 is 4.90 Å². The van der Waals surface area contributed by atoms with E-state index in [0.29, 0.717) is 0 Å². The lowest BCUT2D eigenvalue weighted by Crippen LogP contribution is -2.28. The molecule has 3 aliphatic rings. The van der Waals surface area contributed by atoms with E-state index in [-0.39, 0.29) is 0 Å². The molecule has 0 saturated carbocycles. The van der Waals surface area contributed by atoms with Crippen LogP contribution in [0.4, 0.5) is 17.1 Å². The molecule has 0 fully saturated rings. The molecule has 1 heterocycles. The predicted octanol–water partition coefficient (Wildman–Crippen LogP) is 17.9. The maximum atomic E-state index is 2.54. The number of anilines is 3. The number of nitrogens with zero attached hydrogens (tertiary/aromatic N) is 1. The molecule has 11 aromatic carbocycles. The zero-order valence-electron chi connectivity index (χ0n) is 38.2. The quantitative estimate of drug-likeness (QED) is 0.161. The van der Waals surface area contributed by atoms with E-state index in [1.807, 2.05) is 11.3 Å². The number of para-hydroxylation sites is 1. The van der Waals surface area contributed by atoms with Crippen molar-refractivity contribution < 1.29 is 0 Å². The summed E-state index contributed by atoms with van der Waals surface area (Å²) in [5, 5.41) is 2.69. The summed E-state index contributed by atoms with van der Waals surface area (Å²) in [7, 11) is 0. The Morgan fingerprint density at radius 2 is 0.771 bits per heavy atom. The van der Waals surface area contributed by atoms with Crippen molar-refractivity contribution in [3.63, 3.8) is 0 Å². The van der Waals surface area contributed by atoms with Crippen LogP contribution in [0.15, 0.2) is 261 Å². The van der Waals surface area contributed by atoms with Gasteiger partial charge in [-0.05, 0) is 126 Å². The van der Waals surface area contributed by atoms with E-state index >= 15 is 0 Å². The van der Waals surface area contributed by atoms with Crippen LogP contribution in [0.3, 0.4) is 0 Å². The molecule has 1 atom stereocenters. The molecular formula is C68H43NS. The summed E-state index contributed by atoms with van der Waals surface area (Å²) < 4.78 is 2.66. The fraction of sp³-hybridized carbons (Fsp3) is 0.0294. The van der Waals surface area contributed by atoms with Gasteiger partial charge in [-0.1, -0.05) is 218 Å². The molecule has 1 spiro atoms. The fourth-order valence-electron chi connectivity index (χ4n) is 13.1. The lowest BCUT2D eigenvalue weighted by Gasteiger charge is -2.35. The molecule has 2 heteroatoms. The van der Waals surface area contributed by atoms with Crippen molar-refractivity contribution in [1.82, 2.24) is 0 Å². The van der Waals surface area contributed by atoms with Crippen LogP contribution >= 0.6 is 11.3 Å². The maximum absolute atomic E-state index is 2.54. The molecule has 0 saturated heterocycles. The Balaban J connectivity index is 1.03. The van der Waals surface area contributed by atoms with E-state index < -0.39 is 10.8 Å². The number of hydrogen-bond acceptors (Lipinski definition) is 2. The van der Waals surface area contributed by atoms with Crippen LogP contribution in [0.2, 0.25) is 0 Å². The lowest BCUT2D eigenvalue weighted by atomic mass is 9.67. The molecule has 15 rings (SSSR count). The molecule has 0 aliphatic heterocycles. The molecule has 3 aliphatic carbocycles. The second kappa shape index (κ2) is 15.0. The smallest absolute Gasteiger partial charge is 0.0726 e. The number of thiophene rings is 1. The number of fused-ring (bicyclic) bond motifs is 17. The summed E-state index contributed by atoms with van der Waals surface area (Å²) in [4.78, 5) is 2.54. The third-order valence-corrected chi connectivity index (χ3v) is 16.9. The van der Waals surface area contributed by atoms with Crippen molar-refractivity contribution >= 4 is 48.6 Å². The molecule has 0 N–H and O–H groups in total. The van der Waals surface area contributed by atoms with E-state index in [4.69, 9.17) is 0 Å². The predicted molar refractivity (Wildman–Crippen MR) is 293 cm³/mol. The Bertz CT molecular complexity index is 4030. The second-order valence-corrected chi connectivity index (χ2v) is 20.1. The van der Waals surface area contributed by atoms with E-state index in [1.54, 1.807) is 0 Å². The van der Waals surface area contributed by atoms with Crippen molar-refractivity contribution in [2.24, 2.45) is 0 Å². The van der Waals surface area contributed by atoms with Gasteiger partial charge in [-0.2, -0.15) is 0 Å². The number of rotatable bonds is 6. The topological polar surface area (TPSA) is 3.24 Å². The molecule has 0 radical (unpaired) electrons. The first-order valence-electron chi connectivity index (χ1n) is 24.3. The highest BCUT2D eigenvalue weighted by Gasteiger charge is 2.53. The lowest BCUT2D eigenvalue weighted by molar-refractivity contribution is 0.768. The standard InChI is InChI=1S/C68H43NS/c1-4-20-44(21-5-1)49-26-13-18-34-62(49)69(47-36-38-52-50-27-10-15-31-56(50)67(60(52)42-47,45-22-6-2-7-23-45)46-24-8-3-9-25-46)48-37-39-53-51-28-11-16-32-57(51)68(61(53)43-48)58-33-17-12-29-54(58)65-59(68)40-41-64-66(65)55-30-14-19-35-63(55)70-64/h1-43H. The van der Waals surface area contributed by atoms with E-state index in [2.05, 4.69) is 266 Å². The highest BCUT2D eigenvalue weighted by atomic mass is 32.1. The normalized spacial score (nSPS) is 15.3. The van der Waals surface area contributed by atoms with Gasteiger partial charge < -0.3 is 4.90 Å². The van der Waals surface area contributed by atoms with Crippen LogP contribution in [0.25, 0.3) is 64.7 Å². The molecule has 0 bridgehead atoms. The Morgan fingerprint density at radius 3 is 1.41 bits per heavy atom. The van der Waals surface area contributed by atoms with Crippen molar-refractivity contribution in [1.29, 1.82) is 0 Å². The molecule has 1 nitrogen and oxygen atoms in total. The van der Waals surface area contributed by atoms with Gasteiger partial charge in [-0.3, -0.25) is 0 Å². The molecule has 1 aromatic heterocycles. The highest BCUT2D eigenvalue weighted by Crippen LogP contribution is 2.65. The molecule has 12 aromatic rings. The van der Waals surface area contributed by atoms with Crippen molar-refractivity contribution in [2.75, 3.05) is 4.90 Å². The van der Waals surface area contributed by atoms with Crippen molar-refractivity contribution in [3.05, 3.63) is 305 Å². The SMILES string of the molecule is c1ccc(-c2ccccc2N(c2ccc3c(c2)C(c2ccccc2)(c2ccccc2)c2ccccc2-3)c2ccc3c(c2)C2(c4ccccc4-3)c3ccccc3-c3c2ccc2sc4ccccc4c32)cc1. The molecular weight excluding hydrogens is 863 g/mol. The van der Waals surface area contributed by atoms with Gasteiger partial charge in [0, 0.05) is 37.1 Å². The molecule has 0 amide bonds. The first kappa shape index (κ1) is 39.4. The Morgan fingerprint density at radius 1 is 0.300 bits per heavy atom. The van der Waals surface area contributed by atoms with E-state index in [0.717, 1.165) is 17.1 Å². The zero-order chi connectivity index (χ0) is 46.0. The van der Waals surface area contributed by atoms with Gasteiger partial charge in [0.05, 0.1) is 16.5 Å². The van der Waals surface area contributed by atoms with Gasteiger partial charge in [0.25, 0.3) is 0 Å². The monoisotopic (exact) mass is 905 g/mol. The van der Waals surface area contributed by atoms with E-state index in [1.165, 1.54) is 109 Å². The van der Waals surface area contributed by atoms with Gasteiger partial charge in [-0.25, -0.2) is 0 Å². The zero-order valence-corrected chi connectivity index (χ0v) is 39.0. The minimum absolute atomic E-state index is 0.537. The van der Waals surface area contributed by atoms with Crippen LogP contribution in [-0.2, 0) is 10.8 Å². The average Bonchev–Trinajstić information content (AvgIpc) is 4.14. The van der Waals surface area contributed by atoms with Gasteiger partial charge in [0.2, 0.25) is 0 Å². The summed E-state index contributed by atoms with van der Waals surface area (Å²) in [6, 6.07) is 98.0. The number of hydrogen-bond donors (Lipinski definition) is 0. The van der Waals surface area contributed by atoms with Gasteiger partial charge in [0.15, 0.2) is 0 Å². The summed E-state index contributed by atoms with van der Waals surface area (Å²) in [5.74, 6) is 0. The second-order valence-electron chi connectivity index (χ2n) is 19.0. The first-order valence-corrected chi connectivity index (χ1v) is 25.2.